The molecular weight excluding hydrogens is 322 g/mol. The molecule has 0 spiro atoms. The normalized spacial score (nSPS) is 16.1. The highest BCUT2D eigenvalue weighted by Gasteiger charge is 2.35. The number of thioether (sulfide) groups is 1. The van der Waals surface area contributed by atoms with Crippen LogP contribution in [-0.2, 0) is 9.59 Å². The second-order valence-electron chi connectivity index (χ2n) is 4.58. The van der Waals surface area contributed by atoms with Gasteiger partial charge >= 0.3 is 5.97 Å². The Hall–Kier alpha value is -2.48. The van der Waals surface area contributed by atoms with Crippen LogP contribution >= 0.6 is 11.8 Å². The van der Waals surface area contributed by atoms with E-state index in [1.54, 1.807) is 24.3 Å². The van der Waals surface area contributed by atoms with Crippen molar-refractivity contribution in [1.29, 1.82) is 0 Å². The molecule has 1 aliphatic rings. The third kappa shape index (κ3) is 3.84. The number of imide groups is 1. The molecule has 0 bridgehead atoms. The van der Waals surface area contributed by atoms with E-state index in [9.17, 15) is 14.4 Å². The Morgan fingerprint density at radius 3 is 2.65 bits per heavy atom. The van der Waals surface area contributed by atoms with Gasteiger partial charge in [0.2, 0.25) is 0 Å². The summed E-state index contributed by atoms with van der Waals surface area (Å²) in [6.07, 6.45) is 1.26. The van der Waals surface area contributed by atoms with E-state index >= 15 is 0 Å². The van der Waals surface area contributed by atoms with E-state index in [0.717, 1.165) is 16.7 Å². The van der Waals surface area contributed by atoms with Gasteiger partial charge in [-0.15, -0.1) is 0 Å². The van der Waals surface area contributed by atoms with Crippen LogP contribution < -0.4 is 9.47 Å². The molecule has 1 saturated heterocycles. The van der Waals surface area contributed by atoms with Crippen molar-refractivity contribution >= 4 is 35.0 Å². The van der Waals surface area contributed by atoms with Gasteiger partial charge in [-0.1, -0.05) is 0 Å². The largest absolute Gasteiger partial charge is 0.497 e. The molecule has 1 N–H and O–H groups in total. The van der Waals surface area contributed by atoms with Crippen molar-refractivity contribution < 1.29 is 29.0 Å². The predicted molar refractivity (Wildman–Crippen MR) is 84.5 cm³/mol. The van der Waals surface area contributed by atoms with Gasteiger partial charge in [0.1, 0.15) is 11.5 Å². The zero-order valence-electron chi connectivity index (χ0n) is 12.6. The summed E-state index contributed by atoms with van der Waals surface area (Å²) >= 11 is 0.776. The first-order valence-electron chi connectivity index (χ1n) is 6.65. The number of amides is 2. The van der Waals surface area contributed by atoms with E-state index in [2.05, 4.69) is 0 Å². The summed E-state index contributed by atoms with van der Waals surface area (Å²) in [4.78, 5) is 35.8. The van der Waals surface area contributed by atoms with E-state index in [1.165, 1.54) is 14.2 Å². The number of ether oxygens (including phenoxy) is 2. The fourth-order valence-electron chi connectivity index (χ4n) is 1.98. The molecule has 122 valence electrons. The Bertz CT molecular complexity index is 685. The van der Waals surface area contributed by atoms with Crippen molar-refractivity contribution in [2.75, 3.05) is 20.8 Å². The van der Waals surface area contributed by atoms with Crippen molar-refractivity contribution in [3.05, 3.63) is 28.7 Å². The number of methoxy groups -OCH3 is 2. The number of hydrogen-bond donors (Lipinski definition) is 1. The zero-order chi connectivity index (χ0) is 17.0. The number of hydrogen-bond acceptors (Lipinski definition) is 6. The summed E-state index contributed by atoms with van der Waals surface area (Å²) in [7, 11) is 3.02. The molecule has 0 unspecified atom stereocenters. The topological polar surface area (TPSA) is 93.1 Å². The number of benzene rings is 1. The number of carbonyl (C=O) groups is 3. The molecule has 0 atom stereocenters. The SMILES string of the molecule is COc1ccc(C=C2SC(=O)N(CCC(=O)O)C2=O)c(OC)c1. The lowest BCUT2D eigenvalue weighted by Gasteiger charge is -2.10. The quantitative estimate of drug-likeness (QED) is 0.795. The molecule has 2 amide bonds. The van der Waals surface area contributed by atoms with Crippen molar-refractivity contribution in [3.63, 3.8) is 0 Å². The highest BCUT2D eigenvalue weighted by Crippen LogP contribution is 2.35. The van der Waals surface area contributed by atoms with Crippen molar-refractivity contribution in [2.45, 2.75) is 6.42 Å². The summed E-state index contributed by atoms with van der Waals surface area (Å²) in [5, 5.41) is 8.19. The molecule has 0 saturated carbocycles. The molecule has 2 rings (SSSR count). The van der Waals surface area contributed by atoms with E-state index < -0.39 is 17.1 Å². The van der Waals surface area contributed by atoms with E-state index in [0.29, 0.717) is 17.1 Å². The first kappa shape index (κ1) is 16.9. The Morgan fingerprint density at radius 2 is 2.04 bits per heavy atom. The fourth-order valence-corrected chi connectivity index (χ4v) is 2.84. The molecule has 1 aromatic carbocycles. The summed E-state index contributed by atoms with van der Waals surface area (Å²) in [5.74, 6) is -0.459. The second-order valence-corrected chi connectivity index (χ2v) is 5.58. The molecule has 23 heavy (non-hydrogen) atoms. The van der Waals surface area contributed by atoms with Crippen LogP contribution in [0.4, 0.5) is 4.79 Å². The zero-order valence-corrected chi connectivity index (χ0v) is 13.4. The first-order chi connectivity index (χ1) is 11.0. The van der Waals surface area contributed by atoms with Crippen LogP contribution in [0, 0.1) is 0 Å². The average molecular weight is 337 g/mol. The minimum absolute atomic E-state index is 0.142. The van der Waals surface area contributed by atoms with Crippen LogP contribution in [0.2, 0.25) is 0 Å². The van der Waals surface area contributed by atoms with Gasteiger partial charge in [-0.05, 0) is 30.0 Å². The van der Waals surface area contributed by atoms with Crippen LogP contribution in [0.5, 0.6) is 11.5 Å². The van der Waals surface area contributed by atoms with E-state index in [1.807, 2.05) is 0 Å². The van der Waals surface area contributed by atoms with Crippen molar-refractivity contribution in [1.82, 2.24) is 4.90 Å². The van der Waals surface area contributed by atoms with Gasteiger partial charge in [-0.2, -0.15) is 0 Å². The average Bonchev–Trinajstić information content (AvgIpc) is 2.79. The second kappa shape index (κ2) is 7.19. The van der Waals surface area contributed by atoms with Gasteiger partial charge in [0.25, 0.3) is 11.1 Å². The maximum atomic E-state index is 12.2. The Labute approximate surface area is 136 Å². The van der Waals surface area contributed by atoms with E-state index in [4.69, 9.17) is 14.6 Å². The highest BCUT2D eigenvalue weighted by atomic mass is 32.2. The molecule has 0 aliphatic carbocycles. The number of nitrogens with zero attached hydrogens (tertiary/aromatic N) is 1. The van der Waals surface area contributed by atoms with Crippen LogP contribution in [0.15, 0.2) is 23.1 Å². The highest BCUT2D eigenvalue weighted by molar-refractivity contribution is 8.18. The maximum absolute atomic E-state index is 12.2. The molecule has 1 heterocycles. The molecule has 8 heteroatoms. The fraction of sp³-hybridized carbons (Fsp3) is 0.267. The molecule has 1 aliphatic heterocycles. The number of rotatable bonds is 6. The lowest BCUT2D eigenvalue weighted by atomic mass is 10.1. The van der Waals surface area contributed by atoms with Gasteiger partial charge in [-0.3, -0.25) is 19.3 Å². The summed E-state index contributed by atoms with van der Waals surface area (Å²) < 4.78 is 10.3. The molecule has 0 aromatic heterocycles. The lowest BCUT2D eigenvalue weighted by Crippen LogP contribution is -2.30. The van der Waals surface area contributed by atoms with Crippen LogP contribution in [0.3, 0.4) is 0 Å². The number of carboxylic acid groups (broad SMARTS) is 1. The smallest absolute Gasteiger partial charge is 0.305 e. The monoisotopic (exact) mass is 337 g/mol. The van der Waals surface area contributed by atoms with Gasteiger partial charge in [-0.25, -0.2) is 0 Å². The van der Waals surface area contributed by atoms with Crippen LogP contribution in [0.25, 0.3) is 6.08 Å². The van der Waals surface area contributed by atoms with Gasteiger partial charge in [0.15, 0.2) is 0 Å². The van der Waals surface area contributed by atoms with Crippen molar-refractivity contribution in [2.24, 2.45) is 0 Å². The minimum atomic E-state index is -1.06. The lowest BCUT2D eigenvalue weighted by molar-refractivity contribution is -0.137. The molecule has 7 nitrogen and oxygen atoms in total. The third-order valence-corrected chi connectivity index (χ3v) is 4.06. The van der Waals surface area contributed by atoms with Gasteiger partial charge in [0, 0.05) is 18.2 Å². The molecule has 1 aromatic rings. The summed E-state index contributed by atoms with van der Waals surface area (Å²) in [6.45, 7) is -0.142. The maximum Gasteiger partial charge on any atom is 0.305 e. The first-order valence-corrected chi connectivity index (χ1v) is 7.47. The number of aliphatic carboxylic acids is 1. The predicted octanol–water partition coefficient (Wildman–Crippen LogP) is 2.21. The number of carbonyl (C=O) groups excluding carboxylic acids is 2. The van der Waals surface area contributed by atoms with Gasteiger partial charge in [0.05, 0.1) is 25.5 Å². The van der Waals surface area contributed by atoms with Crippen LogP contribution in [0.1, 0.15) is 12.0 Å². The van der Waals surface area contributed by atoms with E-state index in [-0.39, 0.29) is 17.9 Å². The summed E-state index contributed by atoms with van der Waals surface area (Å²) in [5.41, 5.74) is 0.622. The molecule has 0 radical (unpaired) electrons. The Kier molecular flexibility index (Phi) is 5.28. The Morgan fingerprint density at radius 1 is 1.30 bits per heavy atom. The van der Waals surface area contributed by atoms with Gasteiger partial charge < -0.3 is 14.6 Å². The standard InChI is InChI=1S/C15H15NO6S/c1-21-10-4-3-9(11(8-10)22-2)7-12-14(19)16(15(20)23-12)6-5-13(17)18/h3-4,7-8H,5-6H2,1-2H3,(H,17,18). The third-order valence-electron chi connectivity index (χ3n) is 3.15. The molecule has 1 fully saturated rings. The van der Waals surface area contributed by atoms with Crippen LogP contribution in [-0.4, -0.2) is 47.9 Å². The Balaban J connectivity index is 2.25. The van der Waals surface area contributed by atoms with Crippen molar-refractivity contribution in [3.8, 4) is 11.5 Å². The number of carboxylic acids is 1. The molecular formula is C15H15NO6S. The summed E-state index contributed by atoms with van der Waals surface area (Å²) in [6, 6.07) is 5.09. The minimum Gasteiger partial charge on any atom is -0.497 e.